The summed E-state index contributed by atoms with van der Waals surface area (Å²) < 4.78 is 48.1. The number of rotatable bonds is 0. The number of aryl methyl sites for hydroxylation is 2. The van der Waals surface area contributed by atoms with Gasteiger partial charge in [0.1, 0.15) is 5.82 Å². The number of hydrogen-bond acceptors (Lipinski definition) is 3. The van der Waals surface area contributed by atoms with E-state index >= 15 is 0 Å². The summed E-state index contributed by atoms with van der Waals surface area (Å²) >= 11 is 0. The van der Waals surface area contributed by atoms with E-state index in [1.54, 1.807) is 11.6 Å². The number of halogens is 3. The summed E-state index contributed by atoms with van der Waals surface area (Å²) in [7, 11) is 0. The molecule has 1 unspecified atom stereocenters. The van der Waals surface area contributed by atoms with E-state index in [9.17, 15) is 13.2 Å². The number of aromatic nitrogens is 7. The molecule has 33 heavy (non-hydrogen) atoms. The first kappa shape index (κ1) is 20.1. The first-order valence-corrected chi connectivity index (χ1v) is 10.6. The Morgan fingerprint density at radius 2 is 1.58 bits per heavy atom. The molecule has 0 amide bonds. The monoisotopic (exact) mass is 453 g/mol. The lowest BCUT2D eigenvalue weighted by molar-refractivity contribution is -0.990. The predicted molar refractivity (Wildman–Crippen MR) is 111 cm³/mol. The van der Waals surface area contributed by atoms with Gasteiger partial charge in [-0.05, 0) is 30.4 Å². The standard InChI is InChI=1S/C23H22F3N7/c1-13-6-8-30-16(10-13)17-12-19(22(24,25)26)29-32(17)23(30)31-9-7-15(21(3,4)5)11-18(31)20-27-14(2)28-33(20)23/h6-12H,1-5H3/q+2. The van der Waals surface area contributed by atoms with Crippen molar-refractivity contribution in [3.63, 3.8) is 0 Å². The Labute approximate surface area is 187 Å². The maximum absolute atomic E-state index is 13.7. The minimum absolute atomic E-state index is 0.122. The van der Waals surface area contributed by atoms with E-state index in [1.807, 2.05) is 52.7 Å². The first-order valence-electron chi connectivity index (χ1n) is 10.6. The van der Waals surface area contributed by atoms with Crippen LogP contribution in [0.3, 0.4) is 0 Å². The van der Waals surface area contributed by atoms with Crippen molar-refractivity contribution in [2.24, 2.45) is 0 Å². The van der Waals surface area contributed by atoms with Crippen LogP contribution < -0.4 is 9.13 Å². The second-order valence-corrected chi connectivity index (χ2v) is 9.70. The third kappa shape index (κ3) is 2.43. The van der Waals surface area contributed by atoms with Crippen LogP contribution >= 0.6 is 0 Å². The van der Waals surface area contributed by atoms with Crippen LogP contribution in [-0.4, -0.2) is 24.5 Å². The van der Waals surface area contributed by atoms with Crippen LogP contribution in [-0.2, 0) is 17.5 Å². The van der Waals surface area contributed by atoms with Crippen LogP contribution in [0.5, 0.6) is 0 Å². The van der Waals surface area contributed by atoms with Crippen molar-refractivity contribution in [2.75, 3.05) is 0 Å². The lowest BCUT2D eigenvalue weighted by Crippen LogP contribution is -2.77. The van der Waals surface area contributed by atoms with Gasteiger partial charge in [-0.15, -0.1) is 9.78 Å². The summed E-state index contributed by atoms with van der Waals surface area (Å²) in [6, 6.07) is 8.92. The molecule has 0 saturated heterocycles. The maximum atomic E-state index is 13.7. The summed E-state index contributed by atoms with van der Waals surface area (Å²) in [6.45, 7) is 10.0. The van der Waals surface area contributed by atoms with Crippen molar-refractivity contribution in [1.29, 1.82) is 0 Å². The zero-order valence-corrected chi connectivity index (χ0v) is 18.8. The molecule has 0 aliphatic carbocycles. The SMILES string of the molecule is Cc1cc[n+]2c(c1)-c1cc(C(F)(F)F)nn1C21n2nc(C)nc2-c2cc(C(C)(C)C)cc[n+]21. The smallest absolute Gasteiger partial charge is 0.206 e. The molecule has 0 aromatic carbocycles. The lowest BCUT2D eigenvalue weighted by atomic mass is 9.87. The Hall–Kier alpha value is -3.56. The quantitative estimate of drug-likeness (QED) is 0.332. The van der Waals surface area contributed by atoms with Gasteiger partial charge in [0.2, 0.25) is 11.5 Å². The topological polar surface area (TPSA) is 56.3 Å². The molecule has 2 aliphatic rings. The Bertz CT molecular complexity index is 1470. The molecule has 6 heterocycles. The van der Waals surface area contributed by atoms with Crippen LogP contribution in [0.2, 0.25) is 0 Å². The fraction of sp³-hybridized carbons (Fsp3) is 0.348. The van der Waals surface area contributed by atoms with Gasteiger partial charge in [0, 0.05) is 30.3 Å². The minimum atomic E-state index is -4.57. The average Bonchev–Trinajstić information content (AvgIpc) is 3.42. The van der Waals surface area contributed by atoms with Crippen LogP contribution in [0.1, 0.15) is 43.4 Å². The normalized spacial score (nSPS) is 18.4. The van der Waals surface area contributed by atoms with Crippen molar-refractivity contribution in [2.45, 2.75) is 52.1 Å². The Kier molecular flexibility index (Phi) is 3.57. The van der Waals surface area contributed by atoms with Gasteiger partial charge in [-0.1, -0.05) is 34.6 Å². The molecule has 168 valence electrons. The highest BCUT2D eigenvalue weighted by Crippen LogP contribution is 2.40. The number of nitrogens with zero attached hydrogens (tertiary/aromatic N) is 7. The maximum Gasteiger partial charge on any atom is 0.584 e. The van der Waals surface area contributed by atoms with Crippen LogP contribution in [0, 0.1) is 13.8 Å². The van der Waals surface area contributed by atoms with E-state index in [0.717, 1.165) is 22.9 Å². The van der Waals surface area contributed by atoms with Gasteiger partial charge >= 0.3 is 12.1 Å². The molecule has 2 aliphatic heterocycles. The molecule has 0 radical (unpaired) electrons. The molecule has 1 atom stereocenters. The highest BCUT2D eigenvalue weighted by atomic mass is 19.4. The molecule has 10 heteroatoms. The minimum Gasteiger partial charge on any atom is -0.206 e. The van der Waals surface area contributed by atoms with Gasteiger partial charge in [0.25, 0.3) is 5.69 Å². The van der Waals surface area contributed by atoms with Gasteiger partial charge in [-0.25, -0.2) is 4.98 Å². The summed E-state index contributed by atoms with van der Waals surface area (Å²) in [5.74, 6) is -0.221. The van der Waals surface area contributed by atoms with E-state index in [2.05, 4.69) is 36.0 Å². The largest absolute Gasteiger partial charge is 0.584 e. The van der Waals surface area contributed by atoms with E-state index in [0.29, 0.717) is 23.0 Å². The molecule has 6 rings (SSSR count). The average molecular weight is 453 g/mol. The molecule has 0 bridgehead atoms. The molecule has 0 saturated carbocycles. The molecule has 0 fully saturated rings. The molecule has 4 aromatic rings. The second kappa shape index (κ2) is 5.86. The molecular weight excluding hydrogens is 431 g/mol. The van der Waals surface area contributed by atoms with E-state index < -0.39 is 17.8 Å². The van der Waals surface area contributed by atoms with E-state index in [4.69, 9.17) is 0 Å². The van der Waals surface area contributed by atoms with Crippen LogP contribution in [0.25, 0.3) is 22.9 Å². The zero-order valence-electron chi connectivity index (χ0n) is 18.8. The predicted octanol–water partition coefficient (Wildman–Crippen LogP) is 3.16. The third-order valence-corrected chi connectivity index (χ3v) is 6.35. The number of fused-ring (bicyclic) bond motifs is 10. The molecule has 4 aromatic heterocycles. The molecule has 7 nitrogen and oxygen atoms in total. The van der Waals surface area contributed by atoms with Gasteiger partial charge in [-0.2, -0.15) is 18.3 Å². The van der Waals surface area contributed by atoms with Gasteiger partial charge in [0.05, 0.1) is 0 Å². The number of hydrogen-bond donors (Lipinski definition) is 0. The molecule has 1 spiro atoms. The Morgan fingerprint density at radius 1 is 0.879 bits per heavy atom. The summed E-state index contributed by atoms with van der Waals surface area (Å²) in [5, 5.41) is 8.73. The van der Waals surface area contributed by atoms with Gasteiger partial charge in [-0.3, -0.25) is 0 Å². The van der Waals surface area contributed by atoms with Crippen molar-refractivity contribution in [3.05, 3.63) is 65.4 Å². The van der Waals surface area contributed by atoms with E-state index in [-0.39, 0.29) is 5.41 Å². The van der Waals surface area contributed by atoms with Crippen LogP contribution in [0.4, 0.5) is 13.2 Å². The van der Waals surface area contributed by atoms with Crippen molar-refractivity contribution in [3.8, 4) is 22.9 Å². The van der Waals surface area contributed by atoms with Crippen LogP contribution in [0.15, 0.2) is 42.7 Å². The molecular formula is C23H22F3N7+2. The lowest BCUT2D eigenvalue weighted by Gasteiger charge is -2.19. The fourth-order valence-electron chi connectivity index (χ4n) is 4.80. The van der Waals surface area contributed by atoms with Crippen molar-refractivity contribution in [1.82, 2.24) is 24.5 Å². The fourth-order valence-corrected chi connectivity index (χ4v) is 4.80. The highest BCUT2D eigenvalue weighted by molar-refractivity contribution is 5.57. The van der Waals surface area contributed by atoms with Gasteiger partial charge in [0.15, 0.2) is 23.8 Å². The Balaban J connectivity index is 1.77. The summed E-state index contributed by atoms with van der Waals surface area (Å²) in [4.78, 5) is 4.65. The second-order valence-electron chi connectivity index (χ2n) is 9.70. The first-order chi connectivity index (χ1) is 15.4. The Morgan fingerprint density at radius 3 is 2.27 bits per heavy atom. The highest BCUT2D eigenvalue weighted by Gasteiger charge is 2.71. The van der Waals surface area contributed by atoms with E-state index in [1.165, 1.54) is 4.68 Å². The number of pyridine rings is 2. The summed E-state index contributed by atoms with van der Waals surface area (Å²) in [6.07, 6.45) is -0.814. The van der Waals surface area contributed by atoms with Gasteiger partial charge < -0.3 is 0 Å². The zero-order chi connectivity index (χ0) is 23.5. The van der Waals surface area contributed by atoms with Crippen molar-refractivity contribution < 1.29 is 22.3 Å². The molecule has 0 N–H and O–H groups in total. The summed E-state index contributed by atoms with van der Waals surface area (Å²) in [5.41, 5.74) is 2.71. The number of alkyl halides is 3. The third-order valence-electron chi connectivity index (χ3n) is 6.35. The van der Waals surface area contributed by atoms with Crippen molar-refractivity contribution >= 4 is 0 Å².